The summed E-state index contributed by atoms with van der Waals surface area (Å²) in [7, 11) is 0. The maximum atomic E-state index is 12.6. The highest BCUT2D eigenvalue weighted by molar-refractivity contribution is 5.96. The van der Waals surface area contributed by atoms with Gasteiger partial charge in [0.2, 0.25) is 11.8 Å². The summed E-state index contributed by atoms with van der Waals surface area (Å²) in [6.07, 6.45) is 2.43. The molecule has 2 heterocycles. The predicted molar refractivity (Wildman–Crippen MR) is 166 cm³/mol. The van der Waals surface area contributed by atoms with Crippen molar-refractivity contribution in [3.63, 3.8) is 0 Å². The van der Waals surface area contributed by atoms with Crippen LogP contribution in [0.3, 0.4) is 0 Å². The van der Waals surface area contributed by atoms with Gasteiger partial charge in [0.15, 0.2) is 0 Å². The molecule has 0 radical (unpaired) electrons. The Kier molecular flexibility index (Phi) is 10.0. The van der Waals surface area contributed by atoms with Gasteiger partial charge in [-0.05, 0) is 93.0 Å². The van der Waals surface area contributed by atoms with Crippen molar-refractivity contribution in [2.45, 2.75) is 60.3 Å². The Morgan fingerprint density at radius 3 is 2.48 bits per heavy atom. The molecule has 1 aromatic heterocycles. The molecule has 0 spiro atoms. The average molecular weight is 544 g/mol. The first-order valence-electron chi connectivity index (χ1n) is 14.8. The number of fused-ring (bicyclic) bond motifs is 1. The van der Waals surface area contributed by atoms with Gasteiger partial charge < -0.3 is 20.4 Å². The van der Waals surface area contributed by atoms with Crippen LogP contribution in [0.4, 0.5) is 17.2 Å². The van der Waals surface area contributed by atoms with Gasteiger partial charge in [0.25, 0.3) is 0 Å². The van der Waals surface area contributed by atoms with Crippen LogP contribution in [0.25, 0.3) is 10.9 Å². The van der Waals surface area contributed by atoms with Crippen LogP contribution in [-0.4, -0.2) is 49.5 Å². The minimum atomic E-state index is -0.162. The molecule has 1 saturated heterocycles. The van der Waals surface area contributed by atoms with E-state index >= 15 is 0 Å². The van der Waals surface area contributed by atoms with Gasteiger partial charge in [-0.3, -0.25) is 9.59 Å². The zero-order valence-corrected chi connectivity index (χ0v) is 24.8. The van der Waals surface area contributed by atoms with Crippen LogP contribution in [0, 0.1) is 25.7 Å². The first kappa shape index (κ1) is 29.4. The van der Waals surface area contributed by atoms with Crippen molar-refractivity contribution in [1.29, 1.82) is 0 Å². The molecule has 1 aliphatic heterocycles. The van der Waals surface area contributed by atoms with Gasteiger partial charge in [-0.1, -0.05) is 26.0 Å². The Bertz CT molecular complexity index is 1310. The summed E-state index contributed by atoms with van der Waals surface area (Å²) in [5.74, 6) is 2.10. The molecule has 1 aliphatic rings. The molecule has 2 aromatic carbocycles. The molecule has 0 bridgehead atoms. The number of aromatic nitrogens is 1. The van der Waals surface area contributed by atoms with Crippen LogP contribution in [0.15, 0.2) is 48.5 Å². The van der Waals surface area contributed by atoms with E-state index in [-0.39, 0.29) is 24.7 Å². The number of pyridine rings is 1. The third-order valence-electron chi connectivity index (χ3n) is 7.73. The summed E-state index contributed by atoms with van der Waals surface area (Å²) in [6.45, 7) is 15.4. The van der Waals surface area contributed by atoms with Crippen molar-refractivity contribution >= 4 is 39.9 Å². The van der Waals surface area contributed by atoms with Gasteiger partial charge in [0.1, 0.15) is 5.82 Å². The summed E-state index contributed by atoms with van der Waals surface area (Å²) in [5.41, 5.74) is 5.25. The fourth-order valence-corrected chi connectivity index (χ4v) is 5.80. The van der Waals surface area contributed by atoms with E-state index in [1.54, 1.807) is 0 Å². The molecule has 2 amide bonds. The average Bonchev–Trinajstić information content (AvgIpc) is 2.91. The molecular weight excluding hydrogens is 498 g/mol. The number of carbonyl (C=O) groups excluding carboxylic acids is 2. The topological polar surface area (TPSA) is 77.6 Å². The molecule has 40 heavy (non-hydrogen) atoms. The van der Waals surface area contributed by atoms with Crippen molar-refractivity contribution in [3.05, 3.63) is 59.7 Å². The number of nitrogens with one attached hydrogen (secondary N) is 2. The fraction of sp³-hybridized carbons (Fsp3) is 0.485. The quantitative estimate of drug-likeness (QED) is 0.286. The number of rotatable bonds is 11. The molecule has 0 unspecified atom stereocenters. The second-order valence-corrected chi connectivity index (χ2v) is 11.6. The maximum Gasteiger partial charge on any atom is 0.224 e. The van der Waals surface area contributed by atoms with E-state index < -0.39 is 0 Å². The van der Waals surface area contributed by atoms with Crippen molar-refractivity contribution in [2.75, 3.05) is 47.8 Å². The predicted octanol–water partition coefficient (Wildman–Crippen LogP) is 6.09. The van der Waals surface area contributed by atoms with E-state index in [9.17, 15) is 9.59 Å². The SMILES string of the molecule is CCN(CCCNC(=O)CCC(=O)Nc1ccc2nc(N3C[C@H](C)C[C@H](C)C3)cc(C)c2c1)c1cccc(C)c1. The van der Waals surface area contributed by atoms with Crippen LogP contribution in [0.2, 0.25) is 0 Å². The molecule has 2 N–H and O–H groups in total. The molecule has 1 fully saturated rings. The van der Waals surface area contributed by atoms with E-state index in [2.05, 4.69) is 85.4 Å². The standard InChI is InChI=1S/C33H45N5O2/c1-6-37(28-10-7-9-23(2)18-28)16-8-15-34-32(39)13-14-33(40)35-27-11-12-30-29(20-27)26(5)19-31(36-30)38-21-24(3)17-25(4)22-38/h7,9-12,18-20,24-25H,6,8,13-17,21-22H2,1-5H3,(H,34,39)(H,35,40)/t24-,25+. The van der Waals surface area contributed by atoms with Crippen molar-refractivity contribution in [2.24, 2.45) is 11.8 Å². The minimum Gasteiger partial charge on any atom is -0.372 e. The van der Waals surface area contributed by atoms with Crippen LogP contribution < -0.4 is 20.4 Å². The van der Waals surface area contributed by atoms with Crippen molar-refractivity contribution < 1.29 is 9.59 Å². The Balaban J connectivity index is 1.23. The summed E-state index contributed by atoms with van der Waals surface area (Å²) in [4.78, 5) is 34.6. The van der Waals surface area contributed by atoms with E-state index in [0.717, 1.165) is 60.6 Å². The third-order valence-corrected chi connectivity index (χ3v) is 7.73. The normalized spacial score (nSPS) is 17.1. The number of amides is 2. The van der Waals surface area contributed by atoms with Gasteiger partial charge >= 0.3 is 0 Å². The first-order valence-corrected chi connectivity index (χ1v) is 14.8. The van der Waals surface area contributed by atoms with Crippen LogP contribution in [-0.2, 0) is 9.59 Å². The summed E-state index contributed by atoms with van der Waals surface area (Å²) < 4.78 is 0. The number of carbonyl (C=O) groups is 2. The van der Waals surface area contributed by atoms with Gasteiger partial charge in [-0.25, -0.2) is 4.98 Å². The first-order chi connectivity index (χ1) is 19.2. The lowest BCUT2D eigenvalue weighted by Crippen LogP contribution is -2.39. The Labute approximate surface area is 239 Å². The Hall–Kier alpha value is -3.61. The van der Waals surface area contributed by atoms with Gasteiger partial charge in [-0.2, -0.15) is 0 Å². The molecule has 0 saturated carbocycles. The third kappa shape index (κ3) is 7.96. The zero-order valence-electron chi connectivity index (χ0n) is 24.8. The van der Waals surface area contributed by atoms with Crippen LogP contribution in [0.1, 0.15) is 57.6 Å². The lowest BCUT2D eigenvalue weighted by atomic mass is 9.92. The van der Waals surface area contributed by atoms with Gasteiger partial charge in [0, 0.05) is 62.3 Å². The summed E-state index contributed by atoms with van der Waals surface area (Å²) in [5, 5.41) is 6.94. The van der Waals surface area contributed by atoms with E-state index in [4.69, 9.17) is 4.98 Å². The monoisotopic (exact) mass is 543 g/mol. The van der Waals surface area contributed by atoms with Gasteiger partial charge in [-0.15, -0.1) is 0 Å². The fourth-order valence-electron chi connectivity index (χ4n) is 5.80. The molecule has 7 heteroatoms. The number of piperidine rings is 1. The molecule has 214 valence electrons. The summed E-state index contributed by atoms with van der Waals surface area (Å²) >= 11 is 0. The number of hydrogen-bond donors (Lipinski definition) is 2. The smallest absolute Gasteiger partial charge is 0.224 e. The highest BCUT2D eigenvalue weighted by Gasteiger charge is 2.23. The molecule has 2 atom stereocenters. The minimum absolute atomic E-state index is 0.0961. The van der Waals surface area contributed by atoms with E-state index in [1.165, 1.54) is 17.7 Å². The number of hydrogen-bond acceptors (Lipinski definition) is 5. The Morgan fingerprint density at radius 1 is 1.00 bits per heavy atom. The number of nitrogens with zero attached hydrogens (tertiary/aromatic N) is 3. The molecule has 0 aliphatic carbocycles. The highest BCUT2D eigenvalue weighted by Crippen LogP contribution is 2.29. The zero-order chi connectivity index (χ0) is 28.6. The molecular formula is C33H45N5O2. The summed E-state index contributed by atoms with van der Waals surface area (Å²) in [6, 6.07) is 16.5. The van der Waals surface area contributed by atoms with Crippen LogP contribution >= 0.6 is 0 Å². The van der Waals surface area contributed by atoms with E-state index in [0.29, 0.717) is 18.4 Å². The second-order valence-electron chi connectivity index (χ2n) is 11.6. The number of aryl methyl sites for hydroxylation is 2. The second kappa shape index (κ2) is 13.6. The highest BCUT2D eigenvalue weighted by atomic mass is 16.2. The Morgan fingerprint density at radius 2 is 1.75 bits per heavy atom. The van der Waals surface area contributed by atoms with Gasteiger partial charge in [0.05, 0.1) is 5.52 Å². The largest absolute Gasteiger partial charge is 0.372 e. The number of benzene rings is 2. The van der Waals surface area contributed by atoms with Crippen molar-refractivity contribution in [3.8, 4) is 0 Å². The molecule has 7 nitrogen and oxygen atoms in total. The molecule has 4 rings (SSSR count). The lowest BCUT2D eigenvalue weighted by Gasteiger charge is -2.36. The molecule has 3 aromatic rings. The van der Waals surface area contributed by atoms with Crippen LogP contribution in [0.5, 0.6) is 0 Å². The van der Waals surface area contributed by atoms with E-state index in [1.807, 2.05) is 18.2 Å². The van der Waals surface area contributed by atoms with Crippen molar-refractivity contribution in [1.82, 2.24) is 10.3 Å². The lowest BCUT2D eigenvalue weighted by molar-refractivity contribution is -0.124. The maximum absolute atomic E-state index is 12.6. The number of anilines is 3.